The van der Waals surface area contributed by atoms with Gasteiger partial charge in [0, 0.05) is 12.3 Å². The SMILES string of the molecule is C#CCSCCNc1nc2ccccc2[nH]1. The Morgan fingerprint density at radius 2 is 2.31 bits per heavy atom. The number of para-hydroxylation sites is 2. The molecular formula is C12H13N3S. The second-order valence-corrected chi connectivity index (χ2v) is 4.39. The highest BCUT2D eigenvalue weighted by molar-refractivity contribution is 7.99. The molecular weight excluding hydrogens is 218 g/mol. The Labute approximate surface area is 99.0 Å². The van der Waals surface area contributed by atoms with Gasteiger partial charge in [0.25, 0.3) is 0 Å². The average molecular weight is 231 g/mol. The van der Waals surface area contributed by atoms with Crippen LogP contribution in [0.5, 0.6) is 0 Å². The first kappa shape index (κ1) is 10.9. The van der Waals surface area contributed by atoms with Crippen LogP contribution in [0.25, 0.3) is 11.0 Å². The molecule has 16 heavy (non-hydrogen) atoms. The topological polar surface area (TPSA) is 40.7 Å². The maximum absolute atomic E-state index is 5.16. The standard InChI is InChI=1S/C12H13N3S/c1-2-8-16-9-7-13-12-14-10-5-3-4-6-11(10)15-12/h1,3-6H,7-9H2,(H2,13,14,15). The van der Waals surface area contributed by atoms with E-state index in [2.05, 4.69) is 21.2 Å². The van der Waals surface area contributed by atoms with E-state index >= 15 is 0 Å². The molecule has 1 heterocycles. The van der Waals surface area contributed by atoms with Crippen LogP contribution in [0.3, 0.4) is 0 Å². The highest BCUT2D eigenvalue weighted by Gasteiger charge is 1.99. The van der Waals surface area contributed by atoms with Gasteiger partial charge in [-0.15, -0.1) is 18.2 Å². The molecule has 2 N–H and O–H groups in total. The van der Waals surface area contributed by atoms with Gasteiger partial charge < -0.3 is 10.3 Å². The molecule has 0 aliphatic heterocycles. The number of aromatic amines is 1. The molecule has 0 saturated heterocycles. The summed E-state index contributed by atoms with van der Waals surface area (Å²) >= 11 is 1.74. The van der Waals surface area contributed by atoms with Crippen molar-refractivity contribution in [1.29, 1.82) is 0 Å². The largest absolute Gasteiger partial charge is 0.355 e. The molecule has 0 saturated carbocycles. The number of hydrogen-bond donors (Lipinski definition) is 2. The highest BCUT2D eigenvalue weighted by atomic mass is 32.2. The van der Waals surface area contributed by atoms with Crippen molar-refractivity contribution in [2.75, 3.05) is 23.4 Å². The fraction of sp³-hybridized carbons (Fsp3) is 0.250. The van der Waals surface area contributed by atoms with Gasteiger partial charge in [-0.3, -0.25) is 0 Å². The predicted octanol–water partition coefficient (Wildman–Crippen LogP) is 2.34. The first-order chi connectivity index (χ1) is 7.90. The van der Waals surface area contributed by atoms with Crippen molar-refractivity contribution in [3.05, 3.63) is 24.3 Å². The lowest BCUT2D eigenvalue weighted by atomic mass is 10.3. The van der Waals surface area contributed by atoms with Crippen LogP contribution < -0.4 is 5.32 Å². The van der Waals surface area contributed by atoms with Gasteiger partial charge in [-0.25, -0.2) is 4.98 Å². The first-order valence-corrected chi connectivity index (χ1v) is 6.25. The van der Waals surface area contributed by atoms with Gasteiger partial charge in [-0.05, 0) is 12.1 Å². The Balaban J connectivity index is 1.88. The van der Waals surface area contributed by atoms with Gasteiger partial charge in [0.15, 0.2) is 0 Å². The average Bonchev–Trinajstić information content (AvgIpc) is 2.71. The van der Waals surface area contributed by atoms with Crippen LogP contribution in [0.4, 0.5) is 5.95 Å². The Bertz CT molecular complexity index is 465. The third kappa shape index (κ3) is 2.71. The number of fused-ring (bicyclic) bond motifs is 1. The van der Waals surface area contributed by atoms with Crippen LogP contribution in [0.1, 0.15) is 0 Å². The number of terminal acetylenes is 1. The van der Waals surface area contributed by atoms with E-state index in [0.717, 1.165) is 35.0 Å². The molecule has 4 heteroatoms. The first-order valence-electron chi connectivity index (χ1n) is 5.10. The number of H-pyrrole nitrogens is 1. The van der Waals surface area contributed by atoms with Crippen molar-refractivity contribution in [1.82, 2.24) is 9.97 Å². The number of nitrogens with one attached hydrogen (secondary N) is 2. The van der Waals surface area contributed by atoms with Crippen molar-refractivity contribution >= 4 is 28.7 Å². The van der Waals surface area contributed by atoms with E-state index in [-0.39, 0.29) is 0 Å². The lowest BCUT2D eigenvalue weighted by molar-refractivity contribution is 1.16. The van der Waals surface area contributed by atoms with Crippen molar-refractivity contribution in [3.8, 4) is 12.3 Å². The van der Waals surface area contributed by atoms with Crippen molar-refractivity contribution in [2.45, 2.75) is 0 Å². The molecule has 0 aliphatic carbocycles. The molecule has 0 amide bonds. The zero-order valence-corrected chi connectivity index (χ0v) is 9.68. The monoisotopic (exact) mass is 231 g/mol. The fourth-order valence-corrected chi connectivity index (χ4v) is 1.92. The van der Waals surface area contributed by atoms with Crippen LogP contribution in [0.15, 0.2) is 24.3 Å². The summed E-state index contributed by atoms with van der Waals surface area (Å²) in [6.45, 7) is 0.867. The summed E-state index contributed by atoms with van der Waals surface area (Å²) in [5.74, 6) is 5.17. The lowest BCUT2D eigenvalue weighted by Gasteiger charge is -2.00. The maximum atomic E-state index is 5.16. The summed E-state index contributed by atoms with van der Waals surface area (Å²) in [6, 6.07) is 7.98. The molecule has 1 aromatic heterocycles. The van der Waals surface area contributed by atoms with Crippen LogP contribution in [-0.2, 0) is 0 Å². The summed E-state index contributed by atoms with van der Waals surface area (Å²) in [4.78, 5) is 7.63. The van der Waals surface area contributed by atoms with Gasteiger partial charge in [0.05, 0.1) is 16.8 Å². The number of thioether (sulfide) groups is 1. The van der Waals surface area contributed by atoms with E-state index in [9.17, 15) is 0 Å². The van der Waals surface area contributed by atoms with Crippen LogP contribution in [-0.4, -0.2) is 28.0 Å². The third-order valence-corrected chi connectivity index (χ3v) is 2.98. The number of anilines is 1. The Kier molecular flexibility index (Phi) is 3.73. The van der Waals surface area contributed by atoms with E-state index in [1.54, 1.807) is 11.8 Å². The second kappa shape index (κ2) is 5.47. The van der Waals surface area contributed by atoms with Crippen molar-refractivity contribution < 1.29 is 0 Å². The molecule has 0 spiro atoms. The Hall–Kier alpha value is -1.60. The van der Waals surface area contributed by atoms with Gasteiger partial charge in [-0.1, -0.05) is 18.1 Å². The number of nitrogens with zero attached hydrogens (tertiary/aromatic N) is 1. The fourth-order valence-electron chi connectivity index (χ4n) is 1.41. The molecule has 2 aromatic rings. The summed E-state index contributed by atoms with van der Waals surface area (Å²) in [5.41, 5.74) is 2.04. The van der Waals surface area contributed by atoms with Crippen LogP contribution in [0.2, 0.25) is 0 Å². The minimum absolute atomic E-state index is 0.766. The van der Waals surface area contributed by atoms with Gasteiger partial charge in [0.2, 0.25) is 5.95 Å². The van der Waals surface area contributed by atoms with E-state index in [1.807, 2.05) is 24.3 Å². The maximum Gasteiger partial charge on any atom is 0.201 e. The predicted molar refractivity (Wildman–Crippen MR) is 70.7 cm³/mol. The molecule has 0 fully saturated rings. The van der Waals surface area contributed by atoms with E-state index in [1.165, 1.54) is 0 Å². The summed E-state index contributed by atoms with van der Waals surface area (Å²) in [6.07, 6.45) is 5.16. The summed E-state index contributed by atoms with van der Waals surface area (Å²) in [7, 11) is 0. The molecule has 0 unspecified atom stereocenters. The van der Waals surface area contributed by atoms with Gasteiger partial charge in [-0.2, -0.15) is 0 Å². The quantitative estimate of drug-likeness (QED) is 0.613. The molecule has 0 aliphatic rings. The van der Waals surface area contributed by atoms with Gasteiger partial charge >= 0.3 is 0 Å². The van der Waals surface area contributed by atoms with Crippen LogP contribution >= 0.6 is 11.8 Å². The number of rotatable bonds is 5. The molecule has 0 atom stereocenters. The van der Waals surface area contributed by atoms with Gasteiger partial charge in [0.1, 0.15) is 0 Å². The molecule has 3 nitrogen and oxygen atoms in total. The molecule has 0 radical (unpaired) electrons. The molecule has 82 valence electrons. The smallest absolute Gasteiger partial charge is 0.201 e. The number of benzene rings is 1. The normalized spacial score (nSPS) is 10.2. The minimum atomic E-state index is 0.766. The number of hydrogen-bond acceptors (Lipinski definition) is 3. The Morgan fingerprint density at radius 1 is 1.44 bits per heavy atom. The molecule has 0 bridgehead atoms. The van der Waals surface area contributed by atoms with Crippen molar-refractivity contribution in [3.63, 3.8) is 0 Å². The lowest BCUT2D eigenvalue weighted by Crippen LogP contribution is -2.05. The number of imidazole rings is 1. The third-order valence-electron chi connectivity index (χ3n) is 2.11. The zero-order chi connectivity index (χ0) is 11.2. The van der Waals surface area contributed by atoms with E-state index in [0.29, 0.717) is 0 Å². The van der Waals surface area contributed by atoms with E-state index in [4.69, 9.17) is 6.42 Å². The highest BCUT2D eigenvalue weighted by Crippen LogP contribution is 2.13. The van der Waals surface area contributed by atoms with Crippen LogP contribution in [0, 0.1) is 12.3 Å². The summed E-state index contributed by atoms with van der Waals surface area (Å²) in [5, 5.41) is 3.24. The second-order valence-electron chi connectivity index (χ2n) is 3.29. The minimum Gasteiger partial charge on any atom is -0.355 e. The number of aromatic nitrogens is 2. The van der Waals surface area contributed by atoms with E-state index < -0.39 is 0 Å². The van der Waals surface area contributed by atoms with Crippen molar-refractivity contribution in [2.24, 2.45) is 0 Å². The zero-order valence-electron chi connectivity index (χ0n) is 8.86. The Morgan fingerprint density at radius 3 is 3.12 bits per heavy atom. The summed E-state index contributed by atoms with van der Waals surface area (Å²) < 4.78 is 0. The molecule has 1 aromatic carbocycles. The molecule has 2 rings (SSSR count).